The van der Waals surface area contributed by atoms with Gasteiger partial charge in [0.05, 0.1) is 6.04 Å². The molecule has 2 N–H and O–H groups in total. The predicted octanol–water partition coefficient (Wildman–Crippen LogP) is 1.95. The van der Waals surface area contributed by atoms with Crippen molar-refractivity contribution < 1.29 is 9.90 Å². The molecule has 6 heteroatoms. The highest BCUT2D eigenvalue weighted by Crippen LogP contribution is 2.38. The standard InChI is InChI=1S/C15H26N4O2/c1-5-12-16-13(6-2)19(18-12)11-7-8-15(9-11,14(20)21)17-10(3)4/h10-11,17H,5-9H2,1-4H3,(H,20,21). The summed E-state index contributed by atoms with van der Waals surface area (Å²) in [5, 5.41) is 17.5. The number of aryl methyl sites for hydroxylation is 2. The molecule has 1 aliphatic rings. The van der Waals surface area contributed by atoms with Crippen LogP contribution in [0.25, 0.3) is 0 Å². The van der Waals surface area contributed by atoms with Gasteiger partial charge in [0.15, 0.2) is 5.82 Å². The summed E-state index contributed by atoms with van der Waals surface area (Å²) in [6.07, 6.45) is 3.66. The second kappa shape index (κ2) is 6.13. The second-order valence-electron chi connectivity index (χ2n) is 6.18. The maximum atomic E-state index is 11.7. The van der Waals surface area contributed by atoms with Crippen molar-refractivity contribution in [3.05, 3.63) is 11.6 Å². The van der Waals surface area contributed by atoms with Gasteiger partial charge in [0, 0.05) is 18.9 Å². The molecular formula is C15H26N4O2. The first-order valence-corrected chi connectivity index (χ1v) is 7.87. The Kier molecular flexibility index (Phi) is 4.66. The molecule has 2 atom stereocenters. The first kappa shape index (κ1) is 15.9. The molecule has 21 heavy (non-hydrogen) atoms. The summed E-state index contributed by atoms with van der Waals surface area (Å²) in [7, 11) is 0. The molecular weight excluding hydrogens is 268 g/mol. The van der Waals surface area contributed by atoms with Crippen molar-refractivity contribution in [3.8, 4) is 0 Å². The molecule has 2 rings (SSSR count). The van der Waals surface area contributed by atoms with Gasteiger partial charge in [0.1, 0.15) is 11.4 Å². The van der Waals surface area contributed by atoms with Crippen LogP contribution in [-0.4, -0.2) is 37.4 Å². The van der Waals surface area contributed by atoms with E-state index in [2.05, 4.69) is 22.3 Å². The highest BCUT2D eigenvalue weighted by Gasteiger charge is 2.47. The molecule has 0 aromatic carbocycles. The Hall–Kier alpha value is -1.43. The van der Waals surface area contributed by atoms with Gasteiger partial charge in [-0.15, -0.1) is 0 Å². The Morgan fingerprint density at radius 2 is 2.19 bits per heavy atom. The molecule has 1 heterocycles. The summed E-state index contributed by atoms with van der Waals surface area (Å²) in [5.74, 6) is 1.05. The Bertz CT molecular complexity index is 512. The Morgan fingerprint density at radius 3 is 2.71 bits per heavy atom. The lowest BCUT2D eigenvalue weighted by molar-refractivity contribution is -0.145. The predicted molar refractivity (Wildman–Crippen MR) is 80.3 cm³/mol. The zero-order chi connectivity index (χ0) is 15.6. The Balaban J connectivity index is 2.24. The minimum absolute atomic E-state index is 0.120. The van der Waals surface area contributed by atoms with Gasteiger partial charge in [-0.25, -0.2) is 9.67 Å². The normalized spacial score (nSPS) is 25.7. The second-order valence-corrected chi connectivity index (χ2v) is 6.18. The number of nitrogens with one attached hydrogen (secondary N) is 1. The molecule has 1 fully saturated rings. The molecule has 2 unspecified atom stereocenters. The molecule has 0 spiro atoms. The average Bonchev–Trinajstić information content (AvgIpc) is 3.02. The summed E-state index contributed by atoms with van der Waals surface area (Å²) in [6, 6.07) is 0.266. The minimum atomic E-state index is -0.831. The number of aromatic nitrogens is 3. The smallest absolute Gasteiger partial charge is 0.323 e. The number of hydrogen-bond donors (Lipinski definition) is 2. The van der Waals surface area contributed by atoms with Crippen LogP contribution in [0.4, 0.5) is 0 Å². The first-order valence-electron chi connectivity index (χ1n) is 7.87. The van der Waals surface area contributed by atoms with Crippen LogP contribution in [0, 0.1) is 0 Å². The number of carboxylic acids is 1. The quantitative estimate of drug-likeness (QED) is 0.838. The van der Waals surface area contributed by atoms with Crippen LogP contribution in [0.1, 0.15) is 64.6 Å². The molecule has 0 radical (unpaired) electrons. The van der Waals surface area contributed by atoms with Crippen molar-refractivity contribution in [2.75, 3.05) is 0 Å². The van der Waals surface area contributed by atoms with Crippen LogP contribution >= 0.6 is 0 Å². The SMILES string of the molecule is CCc1nc(CC)n(C2CCC(NC(C)C)(C(=O)O)C2)n1. The fraction of sp³-hybridized carbons (Fsp3) is 0.800. The summed E-state index contributed by atoms with van der Waals surface area (Å²) < 4.78 is 1.96. The van der Waals surface area contributed by atoms with Gasteiger partial charge >= 0.3 is 5.97 Å². The van der Waals surface area contributed by atoms with Gasteiger partial charge in [-0.1, -0.05) is 13.8 Å². The monoisotopic (exact) mass is 294 g/mol. The maximum absolute atomic E-state index is 11.7. The molecule has 0 amide bonds. The Morgan fingerprint density at radius 1 is 1.48 bits per heavy atom. The average molecular weight is 294 g/mol. The summed E-state index contributed by atoms with van der Waals surface area (Å²) in [5.41, 5.74) is -0.831. The van der Waals surface area contributed by atoms with E-state index in [0.717, 1.165) is 30.9 Å². The third-order valence-corrected chi connectivity index (χ3v) is 4.19. The van der Waals surface area contributed by atoms with Gasteiger partial charge in [-0.3, -0.25) is 10.1 Å². The zero-order valence-corrected chi connectivity index (χ0v) is 13.4. The van der Waals surface area contributed by atoms with E-state index in [1.807, 2.05) is 25.5 Å². The lowest BCUT2D eigenvalue weighted by Gasteiger charge is -2.28. The van der Waals surface area contributed by atoms with Crippen LogP contribution in [-0.2, 0) is 17.6 Å². The topological polar surface area (TPSA) is 80.0 Å². The molecule has 6 nitrogen and oxygen atoms in total. The third kappa shape index (κ3) is 3.10. The number of carboxylic acid groups (broad SMARTS) is 1. The zero-order valence-electron chi connectivity index (χ0n) is 13.4. The van der Waals surface area contributed by atoms with Crippen molar-refractivity contribution in [1.82, 2.24) is 20.1 Å². The number of carbonyl (C=O) groups is 1. The van der Waals surface area contributed by atoms with E-state index < -0.39 is 11.5 Å². The molecule has 1 saturated carbocycles. The van der Waals surface area contributed by atoms with Gasteiger partial charge in [0.2, 0.25) is 0 Å². The largest absolute Gasteiger partial charge is 0.480 e. The van der Waals surface area contributed by atoms with E-state index in [1.54, 1.807) is 0 Å². The summed E-state index contributed by atoms with van der Waals surface area (Å²) >= 11 is 0. The fourth-order valence-corrected chi connectivity index (χ4v) is 3.26. The van der Waals surface area contributed by atoms with E-state index >= 15 is 0 Å². The van der Waals surface area contributed by atoms with Crippen molar-refractivity contribution >= 4 is 5.97 Å². The van der Waals surface area contributed by atoms with Crippen molar-refractivity contribution in [2.45, 2.75) is 77.4 Å². The summed E-state index contributed by atoms with van der Waals surface area (Å²) in [4.78, 5) is 16.3. The highest BCUT2D eigenvalue weighted by atomic mass is 16.4. The minimum Gasteiger partial charge on any atom is -0.480 e. The Labute approximate surface area is 126 Å². The van der Waals surface area contributed by atoms with Crippen molar-refractivity contribution in [3.63, 3.8) is 0 Å². The molecule has 0 saturated heterocycles. The molecule has 0 bridgehead atoms. The number of rotatable bonds is 6. The van der Waals surface area contributed by atoms with E-state index in [0.29, 0.717) is 12.8 Å². The van der Waals surface area contributed by atoms with Crippen molar-refractivity contribution in [1.29, 1.82) is 0 Å². The van der Waals surface area contributed by atoms with Crippen LogP contribution < -0.4 is 5.32 Å². The number of aliphatic carboxylic acids is 1. The molecule has 1 aromatic heterocycles. The van der Waals surface area contributed by atoms with Crippen LogP contribution in [0.2, 0.25) is 0 Å². The lowest BCUT2D eigenvalue weighted by Crippen LogP contribution is -2.53. The fourth-order valence-electron chi connectivity index (χ4n) is 3.26. The first-order chi connectivity index (χ1) is 9.91. The van der Waals surface area contributed by atoms with Crippen LogP contribution in [0.5, 0.6) is 0 Å². The van der Waals surface area contributed by atoms with Crippen molar-refractivity contribution in [2.24, 2.45) is 0 Å². The van der Waals surface area contributed by atoms with E-state index in [-0.39, 0.29) is 12.1 Å². The lowest BCUT2D eigenvalue weighted by atomic mass is 9.96. The van der Waals surface area contributed by atoms with Gasteiger partial charge < -0.3 is 5.11 Å². The van der Waals surface area contributed by atoms with Gasteiger partial charge in [0.25, 0.3) is 0 Å². The molecule has 0 aliphatic heterocycles. The summed E-state index contributed by atoms with van der Waals surface area (Å²) in [6.45, 7) is 8.07. The van der Waals surface area contributed by atoms with E-state index in [1.165, 1.54) is 0 Å². The molecule has 1 aromatic rings. The van der Waals surface area contributed by atoms with Crippen LogP contribution in [0.3, 0.4) is 0 Å². The van der Waals surface area contributed by atoms with Gasteiger partial charge in [-0.05, 0) is 33.1 Å². The van der Waals surface area contributed by atoms with E-state index in [4.69, 9.17) is 0 Å². The molecule has 118 valence electrons. The maximum Gasteiger partial charge on any atom is 0.323 e. The third-order valence-electron chi connectivity index (χ3n) is 4.19. The van der Waals surface area contributed by atoms with Gasteiger partial charge in [-0.2, -0.15) is 5.10 Å². The van der Waals surface area contributed by atoms with E-state index in [9.17, 15) is 9.90 Å². The highest BCUT2D eigenvalue weighted by molar-refractivity contribution is 5.79. The number of nitrogens with zero attached hydrogens (tertiary/aromatic N) is 3. The molecule has 1 aliphatic carbocycles. The number of hydrogen-bond acceptors (Lipinski definition) is 4. The van der Waals surface area contributed by atoms with Crippen LogP contribution in [0.15, 0.2) is 0 Å².